The molecule has 1 N–H and O–H groups in total. The van der Waals surface area contributed by atoms with E-state index in [2.05, 4.69) is 5.32 Å². The summed E-state index contributed by atoms with van der Waals surface area (Å²) < 4.78 is 27.2. The fourth-order valence-corrected chi connectivity index (χ4v) is 5.56. The van der Waals surface area contributed by atoms with Gasteiger partial charge in [0.15, 0.2) is 0 Å². The molecule has 1 saturated carbocycles. The first kappa shape index (κ1) is 18.4. The van der Waals surface area contributed by atoms with E-state index in [1.165, 1.54) is 6.42 Å². The van der Waals surface area contributed by atoms with E-state index in [1.807, 2.05) is 6.92 Å². The molecule has 5 nitrogen and oxygen atoms in total. The minimum absolute atomic E-state index is 0.0352. The first-order valence-electron chi connectivity index (χ1n) is 9.41. The van der Waals surface area contributed by atoms with Crippen LogP contribution in [0.4, 0.5) is 0 Å². The Balaban J connectivity index is 1.69. The highest BCUT2D eigenvalue weighted by atomic mass is 32.2. The van der Waals surface area contributed by atoms with Crippen molar-refractivity contribution in [2.45, 2.75) is 75.3 Å². The number of nitrogens with one attached hydrogen (secondary N) is 1. The van der Waals surface area contributed by atoms with Crippen molar-refractivity contribution >= 4 is 15.9 Å². The van der Waals surface area contributed by atoms with Crippen molar-refractivity contribution < 1.29 is 13.2 Å². The van der Waals surface area contributed by atoms with Crippen LogP contribution in [0.3, 0.4) is 0 Å². The number of nitrogens with zero attached hydrogens (tertiary/aromatic N) is 1. The lowest BCUT2D eigenvalue weighted by Gasteiger charge is -2.32. The highest BCUT2D eigenvalue weighted by Gasteiger charge is 2.31. The summed E-state index contributed by atoms with van der Waals surface area (Å²) in [5.41, 5.74) is 0.524. The highest BCUT2D eigenvalue weighted by molar-refractivity contribution is 7.89. The molecule has 0 aromatic heterocycles. The molecule has 1 aromatic rings. The van der Waals surface area contributed by atoms with E-state index in [9.17, 15) is 13.2 Å². The van der Waals surface area contributed by atoms with Crippen molar-refractivity contribution in [2.75, 3.05) is 6.54 Å². The van der Waals surface area contributed by atoms with Gasteiger partial charge >= 0.3 is 0 Å². The molecule has 1 aliphatic carbocycles. The standard InChI is InChI=1S/C19H28N2O3S/c1-15-7-5-6-14-21(15)25(23,24)18-12-10-16(11-13-18)19(22)20-17-8-3-2-4-9-17/h10-13,15,17H,2-9,14H2,1H3,(H,20,22)/t15-/m1/s1. The van der Waals surface area contributed by atoms with Crippen LogP contribution in [0.15, 0.2) is 29.2 Å². The maximum Gasteiger partial charge on any atom is 0.251 e. The number of sulfonamides is 1. The minimum Gasteiger partial charge on any atom is -0.349 e. The zero-order chi connectivity index (χ0) is 17.9. The van der Waals surface area contributed by atoms with Gasteiger partial charge in [-0.1, -0.05) is 25.7 Å². The van der Waals surface area contributed by atoms with E-state index in [0.717, 1.165) is 44.9 Å². The van der Waals surface area contributed by atoms with Crippen LogP contribution < -0.4 is 5.32 Å². The summed E-state index contributed by atoms with van der Waals surface area (Å²) in [6.07, 6.45) is 8.52. The van der Waals surface area contributed by atoms with Gasteiger partial charge in [-0.3, -0.25) is 4.79 Å². The van der Waals surface area contributed by atoms with E-state index in [0.29, 0.717) is 12.1 Å². The highest BCUT2D eigenvalue weighted by Crippen LogP contribution is 2.25. The van der Waals surface area contributed by atoms with Crippen LogP contribution in [-0.2, 0) is 10.0 Å². The molecule has 1 atom stereocenters. The van der Waals surface area contributed by atoms with Crippen molar-refractivity contribution in [3.05, 3.63) is 29.8 Å². The molecule has 0 unspecified atom stereocenters. The normalized spacial score (nSPS) is 23.3. The Bertz CT molecular complexity index is 694. The SMILES string of the molecule is C[C@@H]1CCCCN1S(=O)(=O)c1ccc(C(=O)NC2CCCCC2)cc1. The summed E-state index contributed by atoms with van der Waals surface area (Å²) in [5.74, 6) is -0.109. The maximum absolute atomic E-state index is 12.8. The maximum atomic E-state index is 12.8. The van der Waals surface area contributed by atoms with E-state index >= 15 is 0 Å². The van der Waals surface area contributed by atoms with Crippen molar-refractivity contribution in [3.63, 3.8) is 0 Å². The van der Waals surface area contributed by atoms with Crippen LogP contribution in [0.1, 0.15) is 68.6 Å². The largest absolute Gasteiger partial charge is 0.349 e. The predicted molar refractivity (Wildman–Crippen MR) is 98.0 cm³/mol. The average Bonchev–Trinajstić information content (AvgIpc) is 2.63. The van der Waals surface area contributed by atoms with E-state index in [4.69, 9.17) is 0 Å². The van der Waals surface area contributed by atoms with Gasteiger partial charge in [0.05, 0.1) is 4.90 Å². The Kier molecular flexibility index (Phi) is 5.79. The van der Waals surface area contributed by atoms with Gasteiger partial charge in [0.25, 0.3) is 5.91 Å². The predicted octanol–water partition coefficient (Wildman–Crippen LogP) is 3.31. The van der Waals surface area contributed by atoms with Crippen LogP contribution in [0, 0.1) is 0 Å². The molecule has 0 spiro atoms. The van der Waals surface area contributed by atoms with Gasteiger partial charge in [0.1, 0.15) is 0 Å². The number of benzene rings is 1. The van der Waals surface area contributed by atoms with Crippen LogP contribution in [0.2, 0.25) is 0 Å². The summed E-state index contributed by atoms with van der Waals surface area (Å²) in [4.78, 5) is 12.6. The lowest BCUT2D eigenvalue weighted by molar-refractivity contribution is 0.0927. The van der Waals surface area contributed by atoms with Crippen molar-refractivity contribution in [2.24, 2.45) is 0 Å². The van der Waals surface area contributed by atoms with Gasteiger partial charge in [-0.25, -0.2) is 8.42 Å². The molecule has 138 valence electrons. The Hall–Kier alpha value is -1.40. The number of hydrogen-bond acceptors (Lipinski definition) is 3. The fraction of sp³-hybridized carbons (Fsp3) is 0.632. The summed E-state index contributed by atoms with van der Waals surface area (Å²) in [6.45, 7) is 2.54. The zero-order valence-electron chi connectivity index (χ0n) is 14.9. The molecule has 6 heteroatoms. The van der Waals surface area contributed by atoms with Crippen molar-refractivity contribution in [1.29, 1.82) is 0 Å². The van der Waals surface area contributed by atoms with Gasteiger partial charge in [-0.05, 0) is 56.9 Å². The van der Waals surface area contributed by atoms with Gasteiger partial charge < -0.3 is 5.32 Å². The third-order valence-corrected chi connectivity index (χ3v) is 7.43. The molecule has 0 bridgehead atoms. The van der Waals surface area contributed by atoms with Gasteiger partial charge in [-0.2, -0.15) is 4.31 Å². The number of piperidine rings is 1. The van der Waals surface area contributed by atoms with Gasteiger partial charge in [0.2, 0.25) is 10.0 Å². The Morgan fingerprint density at radius 1 is 1.00 bits per heavy atom. The second kappa shape index (κ2) is 7.87. The molecule has 1 saturated heterocycles. The zero-order valence-corrected chi connectivity index (χ0v) is 15.7. The number of hydrogen-bond donors (Lipinski definition) is 1. The third kappa shape index (κ3) is 4.23. The topological polar surface area (TPSA) is 66.5 Å². The van der Waals surface area contributed by atoms with Crippen LogP contribution in [-0.4, -0.2) is 37.3 Å². The summed E-state index contributed by atoms with van der Waals surface area (Å²) >= 11 is 0. The second-order valence-corrected chi connectivity index (χ2v) is 9.18. The Labute approximate surface area is 150 Å². The first-order valence-corrected chi connectivity index (χ1v) is 10.9. The molecule has 25 heavy (non-hydrogen) atoms. The third-order valence-electron chi connectivity index (χ3n) is 5.41. The van der Waals surface area contributed by atoms with Gasteiger partial charge in [0, 0.05) is 24.2 Å². The summed E-state index contributed by atoms with van der Waals surface area (Å²) in [5, 5.41) is 3.06. The molecule has 2 aliphatic rings. The summed E-state index contributed by atoms with van der Waals surface area (Å²) in [7, 11) is -3.48. The van der Waals surface area contributed by atoms with E-state index < -0.39 is 10.0 Å². The first-order chi connectivity index (χ1) is 12.0. The quantitative estimate of drug-likeness (QED) is 0.891. The Morgan fingerprint density at radius 2 is 1.64 bits per heavy atom. The van der Waals surface area contributed by atoms with E-state index in [-0.39, 0.29) is 22.9 Å². The second-order valence-electron chi connectivity index (χ2n) is 7.29. The molecular weight excluding hydrogens is 336 g/mol. The number of amides is 1. The molecule has 0 radical (unpaired) electrons. The van der Waals surface area contributed by atoms with Crippen molar-refractivity contribution in [3.8, 4) is 0 Å². The van der Waals surface area contributed by atoms with Crippen molar-refractivity contribution in [1.82, 2.24) is 9.62 Å². The number of rotatable bonds is 4. The molecule has 1 amide bonds. The number of carbonyl (C=O) groups is 1. The van der Waals surface area contributed by atoms with Gasteiger partial charge in [-0.15, -0.1) is 0 Å². The lowest BCUT2D eigenvalue weighted by Crippen LogP contribution is -2.41. The van der Waals surface area contributed by atoms with E-state index in [1.54, 1.807) is 28.6 Å². The van der Waals surface area contributed by atoms with Crippen LogP contribution in [0.25, 0.3) is 0 Å². The molecule has 1 aliphatic heterocycles. The average molecular weight is 365 g/mol. The Morgan fingerprint density at radius 3 is 2.28 bits per heavy atom. The fourth-order valence-electron chi connectivity index (χ4n) is 3.86. The van der Waals surface area contributed by atoms with Crippen LogP contribution in [0.5, 0.6) is 0 Å². The molecule has 2 fully saturated rings. The van der Waals surface area contributed by atoms with Crippen LogP contribution >= 0.6 is 0 Å². The molecule has 3 rings (SSSR count). The molecule has 1 heterocycles. The minimum atomic E-state index is -3.48. The summed E-state index contributed by atoms with van der Waals surface area (Å²) in [6, 6.07) is 6.66. The smallest absolute Gasteiger partial charge is 0.251 e. The molecular formula is C19H28N2O3S. The molecule has 1 aromatic carbocycles. The monoisotopic (exact) mass is 364 g/mol. The lowest BCUT2D eigenvalue weighted by atomic mass is 9.95. The number of carbonyl (C=O) groups excluding carboxylic acids is 1.